The Kier molecular flexibility index (Phi) is 8.89. The molecule has 1 heterocycles. The van der Waals surface area contributed by atoms with Gasteiger partial charge in [0.05, 0.1) is 17.2 Å². The number of anilines is 3. The monoisotopic (exact) mass is 598 g/mol. The van der Waals surface area contributed by atoms with Gasteiger partial charge in [0.25, 0.3) is 10.0 Å². The van der Waals surface area contributed by atoms with E-state index < -0.39 is 10.0 Å². The summed E-state index contributed by atoms with van der Waals surface area (Å²) in [6.07, 6.45) is 0. The Morgan fingerprint density at radius 2 is 1.48 bits per heavy atom. The molecule has 1 amide bonds. The van der Waals surface area contributed by atoms with Crippen molar-refractivity contribution >= 4 is 44.8 Å². The normalized spacial score (nSPS) is 11.2. The van der Waals surface area contributed by atoms with Gasteiger partial charge in [-0.25, -0.2) is 8.42 Å². The number of hydrogen-bond acceptors (Lipinski definition) is 7. The Morgan fingerprint density at radius 3 is 2.19 bits per heavy atom. The minimum atomic E-state index is -3.76. The van der Waals surface area contributed by atoms with Crippen molar-refractivity contribution in [3.63, 3.8) is 0 Å². The number of thioether (sulfide) groups is 1. The number of aryl methyl sites for hydroxylation is 2. The molecule has 3 N–H and O–H groups in total. The molecule has 5 aromatic rings. The molecule has 0 radical (unpaired) electrons. The van der Waals surface area contributed by atoms with Crippen LogP contribution in [0.5, 0.6) is 0 Å². The Bertz CT molecular complexity index is 1770. The van der Waals surface area contributed by atoms with Gasteiger partial charge in [-0.15, -0.1) is 10.2 Å². The number of nitrogens with zero attached hydrogens (tertiary/aromatic N) is 3. The Morgan fingerprint density at radius 1 is 0.810 bits per heavy atom. The van der Waals surface area contributed by atoms with Crippen LogP contribution in [0.25, 0.3) is 5.69 Å². The van der Waals surface area contributed by atoms with Crippen molar-refractivity contribution in [1.82, 2.24) is 14.8 Å². The van der Waals surface area contributed by atoms with Crippen molar-refractivity contribution in [2.24, 2.45) is 0 Å². The van der Waals surface area contributed by atoms with Gasteiger partial charge in [0.2, 0.25) is 5.91 Å². The molecule has 0 aliphatic rings. The zero-order valence-corrected chi connectivity index (χ0v) is 24.7. The number of nitrogens with one attached hydrogen (secondary N) is 3. The number of rotatable bonds is 11. The van der Waals surface area contributed by atoms with Crippen LogP contribution in [0.15, 0.2) is 113 Å². The minimum absolute atomic E-state index is 0.0885. The molecule has 0 fully saturated rings. The van der Waals surface area contributed by atoms with Gasteiger partial charge in [0.1, 0.15) is 0 Å². The van der Waals surface area contributed by atoms with Crippen LogP contribution >= 0.6 is 11.8 Å². The third kappa shape index (κ3) is 7.17. The van der Waals surface area contributed by atoms with Gasteiger partial charge < -0.3 is 10.6 Å². The lowest BCUT2D eigenvalue weighted by atomic mass is 10.2. The summed E-state index contributed by atoms with van der Waals surface area (Å²) in [5.41, 5.74) is 5.03. The van der Waals surface area contributed by atoms with Gasteiger partial charge in [-0.05, 0) is 74.0 Å². The summed E-state index contributed by atoms with van der Waals surface area (Å²) in [5.74, 6) is 0.546. The van der Waals surface area contributed by atoms with Crippen LogP contribution in [0.2, 0.25) is 0 Å². The highest BCUT2D eigenvalue weighted by Gasteiger charge is 2.17. The average Bonchev–Trinajstić information content (AvgIpc) is 3.40. The van der Waals surface area contributed by atoms with E-state index in [1.165, 1.54) is 23.9 Å². The molecular formula is C31H30N6O3S2. The summed E-state index contributed by atoms with van der Waals surface area (Å²) in [6, 6.07) is 30.9. The fourth-order valence-corrected chi connectivity index (χ4v) is 6.00. The van der Waals surface area contributed by atoms with Crippen molar-refractivity contribution in [2.75, 3.05) is 21.1 Å². The molecule has 9 nitrogen and oxygen atoms in total. The summed E-state index contributed by atoms with van der Waals surface area (Å²) < 4.78 is 30.0. The third-order valence-electron chi connectivity index (χ3n) is 6.38. The fraction of sp³-hybridized carbons (Fsp3) is 0.129. The fourth-order valence-electron chi connectivity index (χ4n) is 4.17. The number of carbonyl (C=O) groups excluding carboxylic acids is 1. The van der Waals surface area contributed by atoms with E-state index in [4.69, 9.17) is 0 Å². The second-order valence-electron chi connectivity index (χ2n) is 9.57. The molecule has 214 valence electrons. The van der Waals surface area contributed by atoms with Crippen LogP contribution in [-0.2, 0) is 21.4 Å². The van der Waals surface area contributed by atoms with E-state index in [-0.39, 0.29) is 16.6 Å². The van der Waals surface area contributed by atoms with E-state index in [0.717, 1.165) is 22.5 Å². The second kappa shape index (κ2) is 12.9. The largest absolute Gasteiger partial charge is 0.378 e. The van der Waals surface area contributed by atoms with Gasteiger partial charge >= 0.3 is 0 Å². The average molecular weight is 599 g/mol. The van der Waals surface area contributed by atoms with E-state index in [9.17, 15) is 13.2 Å². The number of amides is 1. The summed E-state index contributed by atoms with van der Waals surface area (Å²) >= 11 is 1.27. The van der Waals surface area contributed by atoms with E-state index in [2.05, 4.69) is 25.6 Å². The van der Waals surface area contributed by atoms with Gasteiger partial charge in [-0.1, -0.05) is 65.9 Å². The topological polar surface area (TPSA) is 118 Å². The van der Waals surface area contributed by atoms with Crippen molar-refractivity contribution in [3.8, 4) is 5.69 Å². The molecular weight excluding hydrogens is 569 g/mol. The molecule has 0 saturated carbocycles. The van der Waals surface area contributed by atoms with Crippen LogP contribution < -0.4 is 15.4 Å². The molecule has 11 heteroatoms. The SMILES string of the molecule is Cc1ccc(NS(=O)(=O)c2ccc(NC(=O)CSc3nnc(CNc4ccccc4C)n3-c3ccccc3)cc2)cc1. The van der Waals surface area contributed by atoms with E-state index in [1.807, 2.05) is 85.1 Å². The van der Waals surface area contributed by atoms with E-state index >= 15 is 0 Å². The highest BCUT2D eigenvalue weighted by atomic mass is 32.2. The lowest BCUT2D eigenvalue weighted by Gasteiger charge is -2.12. The second-order valence-corrected chi connectivity index (χ2v) is 12.2. The molecule has 0 saturated heterocycles. The van der Waals surface area contributed by atoms with Crippen LogP contribution in [-0.4, -0.2) is 34.8 Å². The number of para-hydroxylation sites is 2. The van der Waals surface area contributed by atoms with Crippen LogP contribution in [0.1, 0.15) is 17.0 Å². The zero-order valence-electron chi connectivity index (χ0n) is 23.1. The molecule has 0 spiro atoms. The van der Waals surface area contributed by atoms with Crippen molar-refractivity contribution < 1.29 is 13.2 Å². The molecule has 0 aliphatic carbocycles. The van der Waals surface area contributed by atoms with Crippen molar-refractivity contribution in [1.29, 1.82) is 0 Å². The first kappa shape index (κ1) is 28.9. The Labute approximate surface area is 249 Å². The standard InChI is InChI=1S/C31H30N6O3S2/c1-22-12-14-25(15-13-22)36-42(39,40)27-18-16-24(17-19-27)33-30(38)21-41-31-35-34-29(37(31)26-9-4-3-5-10-26)20-32-28-11-7-6-8-23(28)2/h3-19,32,36H,20-21H2,1-2H3,(H,33,38). The van der Waals surface area contributed by atoms with Crippen molar-refractivity contribution in [3.05, 3.63) is 120 Å². The summed E-state index contributed by atoms with van der Waals surface area (Å²) in [4.78, 5) is 12.9. The first-order valence-corrected chi connectivity index (χ1v) is 15.7. The highest BCUT2D eigenvalue weighted by molar-refractivity contribution is 7.99. The van der Waals surface area contributed by atoms with Crippen molar-refractivity contribution in [2.45, 2.75) is 30.4 Å². The molecule has 0 aliphatic heterocycles. The maximum Gasteiger partial charge on any atom is 0.261 e. The predicted octanol–water partition coefficient (Wildman–Crippen LogP) is 6.03. The summed E-state index contributed by atoms with van der Waals surface area (Å²) in [7, 11) is -3.76. The first-order chi connectivity index (χ1) is 20.3. The zero-order chi connectivity index (χ0) is 29.5. The number of hydrogen-bond donors (Lipinski definition) is 3. The molecule has 0 atom stereocenters. The predicted molar refractivity (Wildman–Crippen MR) is 168 cm³/mol. The van der Waals surface area contributed by atoms with Gasteiger partial charge in [-0.3, -0.25) is 14.1 Å². The number of sulfonamides is 1. The van der Waals surface area contributed by atoms with Crippen LogP contribution in [0, 0.1) is 13.8 Å². The molecule has 0 unspecified atom stereocenters. The van der Waals surface area contributed by atoms with Gasteiger partial charge in [0, 0.05) is 22.7 Å². The lowest BCUT2D eigenvalue weighted by molar-refractivity contribution is -0.113. The number of benzene rings is 4. The van der Waals surface area contributed by atoms with Gasteiger partial charge in [0.15, 0.2) is 11.0 Å². The van der Waals surface area contributed by atoms with Gasteiger partial charge in [-0.2, -0.15) is 0 Å². The van der Waals surface area contributed by atoms with E-state index in [0.29, 0.717) is 28.9 Å². The minimum Gasteiger partial charge on any atom is -0.378 e. The number of aromatic nitrogens is 3. The van der Waals surface area contributed by atoms with Crippen LogP contribution in [0.3, 0.4) is 0 Å². The lowest BCUT2D eigenvalue weighted by Crippen LogP contribution is -2.16. The maximum atomic E-state index is 12.8. The highest BCUT2D eigenvalue weighted by Crippen LogP contribution is 2.24. The Hall–Kier alpha value is -4.61. The molecule has 5 rings (SSSR count). The maximum absolute atomic E-state index is 12.8. The number of carbonyl (C=O) groups is 1. The summed E-state index contributed by atoms with van der Waals surface area (Å²) in [6.45, 7) is 4.42. The first-order valence-electron chi connectivity index (χ1n) is 13.2. The molecule has 0 bridgehead atoms. The third-order valence-corrected chi connectivity index (χ3v) is 8.71. The summed E-state index contributed by atoms with van der Waals surface area (Å²) in [5, 5.41) is 15.6. The molecule has 1 aromatic heterocycles. The van der Waals surface area contributed by atoms with Crippen LogP contribution in [0.4, 0.5) is 17.1 Å². The molecule has 4 aromatic carbocycles. The Balaban J connectivity index is 1.23. The molecule has 42 heavy (non-hydrogen) atoms. The van der Waals surface area contributed by atoms with E-state index in [1.54, 1.807) is 24.3 Å². The quantitative estimate of drug-likeness (QED) is 0.159. The smallest absolute Gasteiger partial charge is 0.261 e.